The summed E-state index contributed by atoms with van der Waals surface area (Å²) in [7, 11) is 1.36. The Morgan fingerprint density at radius 1 is 1.24 bits per heavy atom. The summed E-state index contributed by atoms with van der Waals surface area (Å²) >= 11 is 1.61. The van der Waals surface area contributed by atoms with Gasteiger partial charge in [0.15, 0.2) is 0 Å². The SMILES string of the molecule is COC(=O)c1ccc(C=Nc2sc3c(c2C(=O)NCc2ccco2)CC[C@H](C(C)(C)C)C3)cc1. The molecule has 1 aliphatic carbocycles. The van der Waals surface area contributed by atoms with E-state index in [0.29, 0.717) is 34.4 Å². The molecule has 2 heterocycles. The molecular weight excluding hydrogens is 448 g/mol. The van der Waals surface area contributed by atoms with Crippen molar-refractivity contribution in [2.75, 3.05) is 7.11 Å². The molecule has 3 aromatic rings. The maximum atomic E-state index is 13.3. The zero-order valence-corrected chi connectivity index (χ0v) is 20.8. The molecular formula is C27H30N2O4S. The minimum absolute atomic E-state index is 0.128. The third-order valence-corrected chi connectivity index (χ3v) is 7.53. The molecule has 0 aliphatic heterocycles. The van der Waals surface area contributed by atoms with Gasteiger partial charge in [-0.05, 0) is 66.0 Å². The molecule has 1 amide bonds. The molecule has 0 spiro atoms. The van der Waals surface area contributed by atoms with Gasteiger partial charge >= 0.3 is 5.97 Å². The Balaban J connectivity index is 1.62. The fourth-order valence-corrected chi connectivity index (χ4v) is 5.53. The van der Waals surface area contributed by atoms with Crippen LogP contribution in [0.2, 0.25) is 0 Å². The number of carbonyl (C=O) groups is 2. The van der Waals surface area contributed by atoms with Crippen LogP contribution < -0.4 is 5.32 Å². The molecule has 2 aromatic heterocycles. The first-order valence-electron chi connectivity index (χ1n) is 11.4. The summed E-state index contributed by atoms with van der Waals surface area (Å²) < 4.78 is 10.1. The van der Waals surface area contributed by atoms with Gasteiger partial charge in [0.05, 0.1) is 31.0 Å². The Bertz CT molecular complexity index is 1180. The van der Waals surface area contributed by atoms with Crippen LogP contribution in [0.3, 0.4) is 0 Å². The monoisotopic (exact) mass is 478 g/mol. The van der Waals surface area contributed by atoms with Crippen molar-refractivity contribution in [3.05, 3.63) is 75.6 Å². The maximum Gasteiger partial charge on any atom is 0.337 e. The number of nitrogens with zero attached hydrogens (tertiary/aromatic N) is 1. The van der Waals surface area contributed by atoms with E-state index in [2.05, 4.69) is 26.1 Å². The Hall–Kier alpha value is -3.19. The van der Waals surface area contributed by atoms with Crippen molar-refractivity contribution < 1.29 is 18.7 Å². The van der Waals surface area contributed by atoms with E-state index >= 15 is 0 Å². The second-order valence-electron chi connectivity index (χ2n) is 9.62. The number of hydrogen-bond acceptors (Lipinski definition) is 6. The third kappa shape index (κ3) is 5.30. The first-order chi connectivity index (χ1) is 16.3. The predicted molar refractivity (Wildman–Crippen MR) is 134 cm³/mol. The molecule has 1 atom stereocenters. The van der Waals surface area contributed by atoms with Gasteiger partial charge in [0.25, 0.3) is 5.91 Å². The second-order valence-corrected chi connectivity index (χ2v) is 10.7. The number of thiophene rings is 1. The van der Waals surface area contributed by atoms with E-state index in [-0.39, 0.29) is 17.3 Å². The lowest BCUT2D eigenvalue weighted by Crippen LogP contribution is -2.28. The molecule has 7 heteroatoms. The molecule has 0 saturated carbocycles. The highest BCUT2D eigenvalue weighted by atomic mass is 32.1. The average molecular weight is 479 g/mol. The van der Waals surface area contributed by atoms with Crippen molar-refractivity contribution in [3.63, 3.8) is 0 Å². The van der Waals surface area contributed by atoms with Crippen molar-refractivity contribution >= 4 is 34.4 Å². The summed E-state index contributed by atoms with van der Waals surface area (Å²) in [4.78, 5) is 30.9. The zero-order chi connectivity index (χ0) is 24.3. The van der Waals surface area contributed by atoms with Crippen LogP contribution in [0.5, 0.6) is 0 Å². The minimum atomic E-state index is -0.377. The van der Waals surface area contributed by atoms with Crippen LogP contribution in [0.4, 0.5) is 5.00 Å². The van der Waals surface area contributed by atoms with Crippen LogP contribution in [0, 0.1) is 11.3 Å². The van der Waals surface area contributed by atoms with Crippen LogP contribution in [-0.2, 0) is 24.1 Å². The smallest absolute Gasteiger partial charge is 0.337 e. The zero-order valence-electron chi connectivity index (χ0n) is 20.0. The van der Waals surface area contributed by atoms with E-state index in [1.807, 2.05) is 24.3 Å². The summed E-state index contributed by atoms with van der Waals surface area (Å²) in [5, 5.41) is 3.71. The van der Waals surface area contributed by atoms with Gasteiger partial charge in [-0.25, -0.2) is 9.79 Å². The van der Waals surface area contributed by atoms with Gasteiger partial charge < -0.3 is 14.5 Å². The van der Waals surface area contributed by atoms with Gasteiger partial charge in [0, 0.05) is 11.1 Å². The first-order valence-corrected chi connectivity index (χ1v) is 12.3. The maximum absolute atomic E-state index is 13.3. The molecule has 4 rings (SSSR count). The highest BCUT2D eigenvalue weighted by Crippen LogP contribution is 2.45. The van der Waals surface area contributed by atoms with E-state index in [1.165, 1.54) is 12.0 Å². The second kappa shape index (κ2) is 9.97. The highest BCUT2D eigenvalue weighted by Gasteiger charge is 2.33. The van der Waals surface area contributed by atoms with Crippen LogP contribution in [0.1, 0.15) is 69.7 Å². The number of esters is 1. The Kier molecular flexibility index (Phi) is 7.03. The summed E-state index contributed by atoms with van der Waals surface area (Å²) in [5.41, 5.74) is 3.33. The first kappa shape index (κ1) is 24.0. The Morgan fingerprint density at radius 2 is 2.00 bits per heavy atom. The molecule has 6 nitrogen and oxygen atoms in total. The number of aliphatic imine (C=N–C) groups is 1. The number of amides is 1. The number of ether oxygens (including phenoxy) is 1. The van der Waals surface area contributed by atoms with Crippen molar-refractivity contribution in [2.45, 2.75) is 46.6 Å². The number of methoxy groups -OCH3 is 1. The van der Waals surface area contributed by atoms with Gasteiger partial charge in [0.2, 0.25) is 0 Å². The highest BCUT2D eigenvalue weighted by molar-refractivity contribution is 7.16. The molecule has 0 bridgehead atoms. The quantitative estimate of drug-likeness (QED) is 0.350. The predicted octanol–water partition coefficient (Wildman–Crippen LogP) is 5.96. The van der Waals surface area contributed by atoms with Gasteiger partial charge in [0.1, 0.15) is 10.8 Å². The molecule has 0 radical (unpaired) electrons. The number of fused-ring (bicyclic) bond motifs is 1. The van der Waals surface area contributed by atoms with E-state index in [4.69, 9.17) is 14.1 Å². The van der Waals surface area contributed by atoms with Gasteiger partial charge in [-0.2, -0.15) is 0 Å². The van der Waals surface area contributed by atoms with Gasteiger partial charge in [-0.15, -0.1) is 11.3 Å². The lowest BCUT2D eigenvalue weighted by Gasteiger charge is -2.33. The Labute approximate surface area is 204 Å². The van der Waals surface area contributed by atoms with Crippen LogP contribution in [-0.4, -0.2) is 25.2 Å². The van der Waals surface area contributed by atoms with Crippen LogP contribution >= 0.6 is 11.3 Å². The van der Waals surface area contributed by atoms with Crippen molar-refractivity contribution in [1.29, 1.82) is 0 Å². The summed E-state index contributed by atoms with van der Waals surface area (Å²) in [5.74, 6) is 0.774. The van der Waals surface area contributed by atoms with Crippen LogP contribution in [0.25, 0.3) is 0 Å². The van der Waals surface area contributed by atoms with Gasteiger partial charge in [-0.3, -0.25) is 4.79 Å². The van der Waals surface area contributed by atoms with Crippen molar-refractivity contribution in [2.24, 2.45) is 16.3 Å². The molecule has 1 N–H and O–H groups in total. The number of hydrogen-bond donors (Lipinski definition) is 1. The molecule has 0 unspecified atom stereocenters. The number of furan rings is 1. The van der Waals surface area contributed by atoms with E-state index in [0.717, 1.165) is 30.4 Å². The fourth-order valence-electron chi connectivity index (χ4n) is 4.26. The molecule has 0 fully saturated rings. The lowest BCUT2D eigenvalue weighted by atomic mass is 9.72. The fraction of sp³-hybridized carbons (Fsp3) is 0.370. The van der Waals surface area contributed by atoms with Gasteiger partial charge in [-0.1, -0.05) is 32.9 Å². The normalized spacial score (nSPS) is 15.8. The van der Waals surface area contributed by atoms with E-state index in [9.17, 15) is 9.59 Å². The number of benzene rings is 1. The number of carbonyl (C=O) groups excluding carboxylic acids is 2. The topological polar surface area (TPSA) is 80.9 Å². The van der Waals surface area contributed by atoms with E-state index in [1.54, 1.807) is 35.9 Å². The van der Waals surface area contributed by atoms with Crippen molar-refractivity contribution in [3.8, 4) is 0 Å². The van der Waals surface area contributed by atoms with Crippen molar-refractivity contribution in [1.82, 2.24) is 5.32 Å². The summed E-state index contributed by atoms with van der Waals surface area (Å²) in [6.45, 7) is 7.18. The minimum Gasteiger partial charge on any atom is -0.467 e. The molecule has 1 aromatic carbocycles. The number of nitrogens with one attached hydrogen (secondary N) is 1. The average Bonchev–Trinajstić information content (AvgIpc) is 3.47. The standard InChI is InChI=1S/C27H30N2O4S/c1-27(2,3)19-11-12-21-22(14-19)34-25(23(21)24(30)28-16-20-6-5-13-33-20)29-15-17-7-9-18(10-8-17)26(31)32-4/h5-10,13,15,19H,11-12,14,16H2,1-4H3,(H,28,30)/t19-/m0/s1. The molecule has 34 heavy (non-hydrogen) atoms. The van der Waals surface area contributed by atoms with E-state index < -0.39 is 0 Å². The molecule has 0 saturated heterocycles. The number of rotatable bonds is 6. The Morgan fingerprint density at radius 3 is 2.65 bits per heavy atom. The lowest BCUT2D eigenvalue weighted by molar-refractivity contribution is 0.0600. The third-order valence-electron chi connectivity index (χ3n) is 6.36. The largest absolute Gasteiger partial charge is 0.467 e. The van der Waals surface area contributed by atoms with Crippen LogP contribution in [0.15, 0.2) is 52.1 Å². The molecule has 178 valence electrons. The molecule has 1 aliphatic rings. The summed E-state index contributed by atoms with van der Waals surface area (Å²) in [6.07, 6.45) is 6.24. The summed E-state index contributed by atoms with van der Waals surface area (Å²) in [6, 6.07) is 10.7.